The number of unbranched alkanes of at least 4 members (excludes halogenated alkanes) is 2. The minimum Gasteiger partial charge on any atom is -0.490 e. The summed E-state index contributed by atoms with van der Waals surface area (Å²) in [5.74, 6) is -7.76. The summed E-state index contributed by atoms with van der Waals surface area (Å²) in [4.78, 5) is 0. The average Bonchev–Trinajstić information content (AvgIpc) is 3.34. The molecule has 0 saturated heterocycles. The zero-order chi connectivity index (χ0) is 29.3. The number of hydrogen-bond acceptors (Lipinski definition) is 2. The molecule has 4 aromatic rings. The number of fused-ring (bicyclic) bond motifs is 3. The Balaban J connectivity index is 1.43. The Morgan fingerprint density at radius 1 is 0.683 bits per heavy atom. The highest BCUT2D eigenvalue weighted by molar-refractivity contribution is 6.07. The van der Waals surface area contributed by atoms with E-state index in [2.05, 4.69) is 6.92 Å². The Labute approximate surface area is 235 Å². The first-order valence-electron chi connectivity index (χ1n) is 14.6. The molecule has 41 heavy (non-hydrogen) atoms. The molecule has 0 amide bonds. The normalized spacial score (nSPS) is 17.6. The number of halogens is 6. The molecule has 0 spiro atoms. The van der Waals surface area contributed by atoms with Crippen LogP contribution in [0.4, 0.5) is 26.3 Å². The van der Waals surface area contributed by atoms with Crippen molar-refractivity contribution in [2.75, 3.05) is 6.61 Å². The van der Waals surface area contributed by atoms with E-state index in [0.29, 0.717) is 12.3 Å². The molecule has 0 radical (unpaired) electrons. The van der Waals surface area contributed by atoms with E-state index in [1.165, 1.54) is 37.8 Å². The average molecular weight is 577 g/mol. The third-order valence-corrected chi connectivity index (χ3v) is 8.41. The van der Waals surface area contributed by atoms with Crippen molar-refractivity contribution in [1.82, 2.24) is 0 Å². The number of benzene rings is 3. The second-order valence-corrected chi connectivity index (χ2v) is 11.2. The molecule has 1 saturated carbocycles. The molecule has 1 aliphatic carbocycles. The molecule has 8 heteroatoms. The molecule has 1 aromatic heterocycles. The summed E-state index contributed by atoms with van der Waals surface area (Å²) in [7, 11) is 0. The fraction of sp³-hybridized carbons (Fsp3) is 0.455. The topological polar surface area (TPSA) is 22.4 Å². The van der Waals surface area contributed by atoms with E-state index in [9.17, 15) is 8.78 Å². The lowest BCUT2D eigenvalue weighted by atomic mass is 9.80. The van der Waals surface area contributed by atoms with Gasteiger partial charge >= 0.3 is 0 Å². The molecule has 1 aliphatic rings. The lowest BCUT2D eigenvalue weighted by Crippen LogP contribution is -2.20. The lowest BCUT2D eigenvalue weighted by molar-refractivity contribution is 0.172. The Kier molecular flexibility index (Phi) is 8.85. The molecular weight excluding hydrogens is 542 g/mol. The fourth-order valence-electron chi connectivity index (χ4n) is 6.07. The van der Waals surface area contributed by atoms with Crippen LogP contribution in [0.3, 0.4) is 0 Å². The fourth-order valence-corrected chi connectivity index (χ4v) is 6.07. The maximum Gasteiger partial charge on any atom is 0.201 e. The zero-order valence-electron chi connectivity index (χ0n) is 23.3. The zero-order valence-corrected chi connectivity index (χ0v) is 23.3. The Morgan fingerprint density at radius 3 is 2.00 bits per heavy atom. The molecule has 0 aliphatic heterocycles. The largest absolute Gasteiger partial charge is 0.490 e. The van der Waals surface area contributed by atoms with Crippen LogP contribution in [0.1, 0.15) is 77.2 Å². The van der Waals surface area contributed by atoms with Crippen LogP contribution < -0.4 is 4.74 Å². The molecule has 0 unspecified atom stereocenters. The van der Waals surface area contributed by atoms with Gasteiger partial charge in [-0.3, -0.25) is 0 Å². The molecule has 1 fully saturated rings. The van der Waals surface area contributed by atoms with Gasteiger partial charge in [-0.15, -0.1) is 0 Å². The molecule has 3 aromatic carbocycles. The quantitative estimate of drug-likeness (QED) is 0.138. The van der Waals surface area contributed by atoms with Gasteiger partial charge in [0.05, 0.1) is 17.4 Å². The molecule has 0 N–H and O–H groups in total. The molecule has 1 heterocycles. The van der Waals surface area contributed by atoms with Gasteiger partial charge in [-0.2, -0.15) is 4.39 Å². The Morgan fingerprint density at radius 2 is 1.32 bits per heavy atom. The molecule has 0 bridgehead atoms. The van der Waals surface area contributed by atoms with Crippen LogP contribution in [0.15, 0.2) is 28.7 Å². The van der Waals surface area contributed by atoms with Crippen molar-refractivity contribution in [3.8, 4) is 16.9 Å². The lowest BCUT2D eigenvalue weighted by Gasteiger charge is -2.28. The van der Waals surface area contributed by atoms with Crippen LogP contribution in [0.25, 0.3) is 33.1 Å². The van der Waals surface area contributed by atoms with E-state index in [1.807, 2.05) is 0 Å². The third kappa shape index (κ3) is 5.67. The summed E-state index contributed by atoms with van der Waals surface area (Å²) in [5, 5.41) is -1.19. The van der Waals surface area contributed by atoms with Gasteiger partial charge in [-0.25, -0.2) is 22.0 Å². The first-order chi connectivity index (χ1) is 19.7. The van der Waals surface area contributed by atoms with Crippen LogP contribution in [0.5, 0.6) is 5.75 Å². The smallest absolute Gasteiger partial charge is 0.201 e. The monoisotopic (exact) mass is 576 g/mol. The maximum absolute atomic E-state index is 15.3. The predicted octanol–water partition coefficient (Wildman–Crippen LogP) is 10.8. The van der Waals surface area contributed by atoms with Crippen molar-refractivity contribution in [3.63, 3.8) is 0 Å². The van der Waals surface area contributed by atoms with Gasteiger partial charge in [0.15, 0.2) is 34.8 Å². The molecule has 2 nitrogen and oxygen atoms in total. The van der Waals surface area contributed by atoms with Gasteiger partial charge in [0.1, 0.15) is 11.2 Å². The number of ether oxygens (including phenoxy) is 1. The standard InChI is InChI=1S/C33H34F6O2/c1-3-5-6-8-18-9-11-19(12-10-18)17-40-25-16-24-27(33(39)31(25)37)26-23(41-24)15-22(30(36)32(26)38)21-14-13-20(7-4-2)28(34)29(21)35/h13-16,18-19H,3-12,17H2,1-2H3. The van der Waals surface area contributed by atoms with Gasteiger partial charge in [0.2, 0.25) is 5.82 Å². The predicted molar refractivity (Wildman–Crippen MR) is 148 cm³/mol. The van der Waals surface area contributed by atoms with Crippen molar-refractivity contribution in [2.24, 2.45) is 11.8 Å². The van der Waals surface area contributed by atoms with Gasteiger partial charge in [-0.1, -0.05) is 70.9 Å². The Hall–Kier alpha value is -3.16. The maximum atomic E-state index is 15.3. The van der Waals surface area contributed by atoms with Gasteiger partial charge in [-0.05, 0) is 42.7 Å². The summed E-state index contributed by atoms with van der Waals surface area (Å²) in [6.45, 7) is 4.19. The summed E-state index contributed by atoms with van der Waals surface area (Å²) >= 11 is 0. The number of hydrogen-bond donors (Lipinski definition) is 0. The number of rotatable bonds is 10. The van der Waals surface area contributed by atoms with Crippen molar-refractivity contribution >= 4 is 21.9 Å². The van der Waals surface area contributed by atoms with Gasteiger partial charge in [0.25, 0.3) is 0 Å². The minimum atomic E-state index is -1.55. The highest BCUT2D eigenvalue weighted by Crippen LogP contribution is 2.42. The van der Waals surface area contributed by atoms with E-state index >= 15 is 17.6 Å². The van der Waals surface area contributed by atoms with E-state index < -0.39 is 56.8 Å². The van der Waals surface area contributed by atoms with Crippen LogP contribution in [0, 0.1) is 46.7 Å². The summed E-state index contributed by atoms with van der Waals surface area (Å²) in [6.07, 6.45) is 9.76. The summed E-state index contributed by atoms with van der Waals surface area (Å²) in [6, 6.07) is 4.58. The van der Waals surface area contributed by atoms with E-state index in [1.54, 1.807) is 6.92 Å². The van der Waals surface area contributed by atoms with Crippen molar-refractivity contribution in [1.29, 1.82) is 0 Å². The van der Waals surface area contributed by atoms with Gasteiger partial charge in [0, 0.05) is 17.2 Å². The van der Waals surface area contributed by atoms with E-state index in [-0.39, 0.29) is 41.4 Å². The molecule has 220 valence electrons. The van der Waals surface area contributed by atoms with Crippen LogP contribution in [0.2, 0.25) is 0 Å². The molecule has 5 rings (SSSR count). The van der Waals surface area contributed by atoms with Crippen LogP contribution in [-0.2, 0) is 6.42 Å². The SMILES string of the molecule is CCCCCC1CCC(COc2cc3oc4cc(-c5ccc(CCC)c(F)c5F)c(F)c(F)c4c3c(F)c2F)CC1. The second kappa shape index (κ2) is 12.4. The van der Waals surface area contributed by atoms with E-state index in [0.717, 1.165) is 37.8 Å². The highest BCUT2D eigenvalue weighted by Gasteiger charge is 2.28. The van der Waals surface area contributed by atoms with Crippen molar-refractivity contribution in [3.05, 3.63) is 64.7 Å². The van der Waals surface area contributed by atoms with Crippen LogP contribution in [-0.4, -0.2) is 6.61 Å². The van der Waals surface area contributed by atoms with E-state index in [4.69, 9.17) is 9.15 Å². The second-order valence-electron chi connectivity index (χ2n) is 11.2. The first kappa shape index (κ1) is 29.3. The molecular formula is C33H34F6O2. The minimum absolute atomic E-state index is 0.115. The molecule has 0 atom stereocenters. The first-order valence-corrected chi connectivity index (χ1v) is 14.6. The van der Waals surface area contributed by atoms with Crippen LogP contribution >= 0.6 is 0 Å². The Bertz CT molecular complexity index is 1550. The highest BCUT2D eigenvalue weighted by atomic mass is 19.2. The van der Waals surface area contributed by atoms with Crippen molar-refractivity contribution < 1.29 is 35.5 Å². The number of furan rings is 1. The summed E-state index contributed by atoms with van der Waals surface area (Å²) in [5.41, 5.74) is -1.55. The van der Waals surface area contributed by atoms with Gasteiger partial charge < -0.3 is 9.15 Å². The third-order valence-electron chi connectivity index (χ3n) is 8.41. The van der Waals surface area contributed by atoms with Crippen molar-refractivity contribution in [2.45, 2.75) is 78.1 Å². The summed E-state index contributed by atoms with van der Waals surface area (Å²) < 4.78 is 101. The number of aryl methyl sites for hydroxylation is 1.